The van der Waals surface area contributed by atoms with Crippen LogP contribution in [-0.4, -0.2) is 23.9 Å². The minimum atomic E-state index is -0.369. The van der Waals surface area contributed by atoms with Crippen LogP contribution in [0.5, 0.6) is 0 Å². The Bertz CT molecular complexity index is 245. The summed E-state index contributed by atoms with van der Waals surface area (Å²) >= 11 is 0. The first-order valence-electron chi connectivity index (χ1n) is 7.89. The monoisotopic (exact) mass is 254 g/mol. The van der Waals surface area contributed by atoms with E-state index in [1.807, 2.05) is 0 Å². The van der Waals surface area contributed by atoms with E-state index in [1.54, 1.807) is 0 Å². The summed E-state index contributed by atoms with van der Waals surface area (Å²) in [5.41, 5.74) is -0.369. The lowest BCUT2D eigenvalue weighted by atomic mass is 9.81. The van der Waals surface area contributed by atoms with Gasteiger partial charge >= 0.3 is 0 Å². The lowest BCUT2D eigenvalue weighted by Gasteiger charge is -2.33. The van der Waals surface area contributed by atoms with Crippen molar-refractivity contribution in [2.24, 2.45) is 17.8 Å². The number of ether oxygens (including phenoxy) is 1. The molecule has 18 heavy (non-hydrogen) atoms. The van der Waals surface area contributed by atoms with Gasteiger partial charge < -0.3 is 9.84 Å². The van der Waals surface area contributed by atoms with E-state index in [0.717, 1.165) is 57.2 Å². The van der Waals surface area contributed by atoms with E-state index in [1.165, 1.54) is 19.3 Å². The number of aliphatic hydroxyl groups is 1. The predicted molar refractivity (Wildman–Crippen MR) is 74.5 cm³/mol. The Labute approximate surface area is 112 Å². The molecule has 1 N–H and O–H groups in total. The van der Waals surface area contributed by atoms with Gasteiger partial charge in [0.2, 0.25) is 0 Å². The summed E-state index contributed by atoms with van der Waals surface area (Å²) in [4.78, 5) is 0. The molecule has 1 aliphatic carbocycles. The van der Waals surface area contributed by atoms with Crippen LogP contribution in [0.4, 0.5) is 0 Å². The quantitative estimate of drug-likeness (QED) is 0.777. The first kappa shape index (κ1) is 14.3. The third kappa shape index (κ3) is 3.96. The molecule has 0 aromatic carbocycles. The Hall–Kier alpha value is -0.0800. The fourth-order valence-corrected chi connectivity index (χ4v) is 3.78. The van der Waals surface area contributed by atoms with Crippen LogP contribution in [0.1, 0.15) is 65.2 Å². The molecule has 1 saturated heterocycles. The van der Waals surface area contributed by atoms with Gasteiger partial charge in [-0.15, -0.1) is 0 Å². The topological polar surface area (TPSA) is 29.5 Å². The van der Waals surface area contributed by atoms with Crippen molar-refractivity contribution < 1.29 is 9.84 Å². The molecular formula is C16H30O2. The maximum Gasteiger partial charge on any atom is 0.0650 e. The second kappa shape index (κ2) is 6.38. The minimum absolute atomic E-state index is 0.369. The van der Waals surface area contributed by atoms with Crippen molar-refractivity contribution >= 4 is 0 Å². The fourth-order valence-electron chi connectivity index (χ4n) is 3.78. The molecule has 0 bridgehead atoms. The summed E-state index contributed by atoms with van der Waals surface area (Å²) in [6.45, 7) is 6.45. The molecular weight excluding hydrogens is 224 g/mol. The Morgan fingerprint density at radius 2 is 1.83 bits per heavy atom. The highest BCUT2D eigenvalue weighted by Gasteiger charge is 2.34. The number of hydrogen-bond donors (Lipinski definition) is 1. The molecule has 0 amide bonds. The van der Waals surface area contributed by atoms with Crippen LogP contribution in [-0.2, 0) is 4.74 Å². The first-order chi connectivity index (χ1) is 8.59. The molecule has 106 valence electrons. The molecule has 2 aliphatic rings. The Morgan fingerprint density at radius 3 is 2.50 bits per heavy atom. The van der Waals surface area contributed by atoms with Gasteiger partial charge in [-0.05, 0) is 56.3 Å². The zero-order valence-corrected chi connectivity index (χ0v) is 12.2. The Morgan fingerprint density at radius 1 is 1.11 bits per heavy atom. The lowest BCUT2D eigenvalue weighted by Crippen LogP contribution is -2.33. The SMILES string of the molecule is CC(C)C1CCCC(O)(CC2CCOCC2)CC1. The van der Waals surface area contributed by atoms with Crippen LogP contribution in [0.2, 0.25) is 0 Å². The van der Waals surface area contributed by atoms with E-state index in [4.69, 9.17) is 4.74 Å². The van der Waals surface area contributed by atoms with Gasteiger partial charge in [-0.3, -0.25) is 0 Å². The van der Waals surface area contributed by atoms with Gasteiger partial charge in [0.05, 0.1) is 5.60 Å². The molecule has 2 fully saturated rings. The zero-order valence-electron chi connectivity index (χ0n) is 12.2. The van der Waals surface area contributed by atoms with E-state index in [9.17, 15) is 5.11 Å². The van der Waals surface area contributed by atoms with Crippen molar-refractivity contribution in [2.45, 2.75) is 70.8 Å². The molecule has 0 aromatic heterocycles. The normalized spacial score (nSPS) is 35.7. The van der Waals surface area contributed by atoms with Gasteiger partial charge in [0.15, 0.2) is 0 Å². The molecule has 2 atom stereocenters. The molecule has 2 nitrogen and oxygen atoms in total. The maximum absolute atomic E-state index is 10.9. The predicted octanol–water partition coefficient (Wildman–Crippen LogP) is 3.77. The highest BCUT2D eigenvalue weighted by Crippen LogP contribution is 2.38. The third-order valence-corrected chi connectivity index (χ3v) is 5.15. The molecule has 0 aromatic rings. The van der Waals surface area contributed by atoms with Gasteiger partial charge in [-0.25, -0.2) is 0 Å². The molecule has 2 rings (SSSR count). The Balaban J connectivity index is 1.86. The van der Waals surface area contributed by atoms with Crippen molar-refractivity contribution in [3.05, 3.63) is 0 Å². The lowest BCUT2D eigenvalue weighted by molar-refractivity contribution is -0.0227. The third-order valence-electron chi connectivity index (χ3n) is 5.15. The minimum Gasteiger partial charge on any atom is -0.390 e. The molecule has 0 radical (unpaired) electrons. The average molecular weight is 254 g/mol. The number of rotatable bonds is 3. The molecule has 2 heteroatoms. The summed E-state index contributed by atoms with van der Waals surface area (Å²) in [7, 11) is 0. The van der Waals surface area contributed by atoms with Crippen molar-refractivity contribution in [2.75, 3.05) is 13.2 Å². The standard InChI is InChI=1S/C16H30O2/c1-13(2)15-4-3-8-16(17,9-5-15)12-14-6-10-18-11-7-14/h13-15,17H,3-12H2,1-2H3. The van der Waals surface area contributed by atoms with Crippen LogP contribution >= 0.6 is 0 Å². The smallest absolute Gasteiger partial charge is 0.0650 e. The second-order valence-corrected chi connectivity index (χ2v) is 6.92. The maximum atomic E-state index is 10.9. The molecule has 1 aliphatic heterocycles. The summed E-state index contributed by atoms with van der Waals surface area (Å²) in [6, 6.07) is 0. The second-order valence-electron chi connectivity index (χ2n) is 6.92. The van der Waals surface area contributed by atoms with E-state index >= 15 is 0 Å². The van der Waals surface area contributed by atoms with Crippen LogP contribution in [0.3, 0.4) is 0 Å². The van der Waals surface area contributed by atoms with E-state index < -0.39 is 0 Å². The first-order valence-corrected chi connectivity index (χ1v) is 7.89. The van der Waals surface area contributed by atoms with E-state index in [0.29, 0.717) is 5.92 Å². The molecule has 1 heterocycles. The van der Waals surface area contributed by atoms with Crippen LogP contribution in [0.15, 0.2) is 0 Å². The molecule has 0 spiro atoms. The van der Waals surface area contributed by atoms with Crippen LogP contribution < -0.4 is 0 Å². The van der Waals surface area contributed by atoms with Gasteiger partial charge in [0.25, 0.3) is 0 Å². The summed E-state index contributed by atoms with van der Waals surface area (Å²) in [5, 5.41) is 10.9. The average Bonchev–Trinajstić information content (AvgIpc) is 2.52. The Kier molecular flexibility index (Phi) is 5.08. The highest BCUT2D eigenvalue weighted by molar-refractivity contribution is 4.86. The fraction of sp³-hybridized carbons (Fsp3) is 1.00. The highest BCUT2D eigenvalue weighted by atomic mass is 16.5. The van der Waals surface area contributed by atoms with E-state index in [2.05, 4.69) is 13.8 Å². The van der Waals surface area contributed by atoms with Crippen molar-refractivity contribution in [3.63, 3.8) is 0 Å². The van der Waals surface area contributed by atoms with Crippen LogP contribution in [0.25, 0.3) is 0 Å². The van der Waals surface area contributed by atoms with Crippen molar-refractivity contribution in [3.8, 4) is 0 Å². The van der Waals surface area contributed by atoms with Crippen molar-refractivity contribution in [1.82, 2.24) is 0 Å². The van der Waals surface area contributed by atoms with E-state index in [-0.39, 0.29) is 5.60 Å². The molecule has 1 saturated carbocycles. The molecule has 2 unspecified atom stereocenters. The van der Waals surface area contributed by atoms with Gasteiger partial charge in [0.1, 0.15) is 0 Å². The van der Waals surface area contributed by atoms with Crippen molar-refractivity contribution in [1.29, 1.82) is 0 Å². The summed E-state index contributed by atoms with van der Waals surface area (Å²) in [6.07, 6.45) is 9.10. The zero-order chi connectivity index (χ0) is 13.0. The largest absolute Gasteiger partial charge is 0.390 e. The summed E-state index contributed by atoms with van der Waals surface area (Å²) < 4.78 is 5.41. The van der Waals surface area contributed by atoms with Gasteiger partial charge in [-0.1, -0.05) is 26.7 Å². The summed E-state index contributed by atoms with van der Waals surface area (Å²) in [5.74, 6) is 2.29. The van der Waals surface area contributed by atoms with Gasteiger partial charge in [0, 0.05) is 13.2 Å². The van der Waals surface area contributed by atoms with Gasteiger partial charge in [-0.2, -0.15) is 0 Å². The number of hydrogen-bond acceptors (Lipinski definition) is 2. The van der Waals surface area contributed by atoms with Crippen LogP contribution in [0, 0.1) is 17.8 Å².